The fourth-order valence-electron chi connectivity index (χ4n) is 2.68. The molecule has 2 aromatic rings. The minimum absolute atomic E-state index is 0.448. The molecule has 1 aliphatic rings. The molecule has 0 bridgehead atoms. The summed E-state index contributed by atoms with van der Waals surface area (Å²) in [7, 11) is 1.71. The predicted molar refractivity (Wildman–Crippen MR) is 89.4 cm³/mol. The summed E-state index contributed by atoms with van der Waals surface area (Å²) in [5.41, 5.74) is 2.62. The van der Waals surface area contributed by atoms with E-state index in [1.807, 2.05) is 12.1 Å². The van der Waals surface area contributed by atoms with Crippen molar-refractivity contribution < 1.29 is 4.74 Å². The molecule has 21 heavy (non-hydrogen) atoms. The third kappa shape index (κ3) is 3.66. The van der Waals surface area contributed by atoms with E-state index in [2.05, 4.69) is 57.6 Å². The van der Waals surface area contributed by atoms with E-state index in [0.717, 1.165) is 22.7 Å². The third-order valence-corrected chi connectivity index (χ3v) is 4.79. The normalized spacial score (nSPS) is 15.7. The lowest BCUT2D eigenvalue weighted by molar-refractivity contribution is 0.413. The number of methoxy groups -OCH3 is 1. The van der Waals surface area contributed by atoms with Crippen molar-refractivity contribution in [3.63, 3.8) is 0 Å². The van der Waals surface area contributed by atoms with Gasteiger partial charge < -0.3 is 10.1 Å². The summed E-state index contributed by atoms with van der Waals surface area (Å²) in [6.45, 7) is 0.841. The van der Waals surface area contributed by atoms with Crippen LogP contribution in [-0.2, 0) is 6.54 Å². The Morgan fingerprint density at radius 3 is 2.62 bits per heavy atom. The Hall–Kier alpha value is -1.32. The highest BCUT2D eigenvalue weighted by atomic mass is 79.9. The largest absolute Gasteiger partial charge is 0.497 e. The lowest BCUT2D eigenvalue weighted by atomic mass is 10.0. The maximum Gasteiger partial charge on any atom is 0.119 e. The molecule has 0 aliphatic heterocycles. The maximum absolute atomic E-state index is 5.31. The number of rotatable bonds is 6. The van der Waals surface area contributed by atoms with Crippen molar-refractivity contribution in [3.8, 4) is 5.75 Å². The highest BCUT2D eigenvalue weighted by Gasteiger charge is 2.31. The van der Waals surface area contributed by atoms with Crippen molar-refractivity contribution in [2.45, 2.75) is 25.4 Å². The van der Waals surface area contributed by atoms with Crippen LogP contribution < -0.4 is 10.1 Å². The molecule has 1 fully saturated rings. The SMILES string of the molecule is COc1ccc(Br)c(CNC(c2ccccc2)C2CC2)c1. The van der Waals surface area contributed by atoms with Gasteiger partial charge in [-0.3, -0.25) is 0 Å². The molecule has 0 amide bonds. The summed E-state index contributed by atoms with van der Waals surface area (Å²) in [5.74, 6) is 1.68. The lowest BCUT2D eigenvalue weighted by Crippen LogP contribution is -2.22. The van der Waals surface area contributed by atoms with Crippen LogP contribution in [0.2, 0.25) is 0 Å². The van der Waals surface area contributed by atoms with Gasteiger partial charge in [0.2, 0.25) is 0 Å². The maximum atomic E-state index is 5.31. The van der Waals surface area contributed by atoms with E-state index in [1.54, 1.807) is 7.11 Å². The Morgan fingerprint density at radius 2 is 1.95 bits per heavy atom. The Kier molecular flexibility index (Phi) is 4.61. The fraction of sp³-hybridized carbons (Fsp3) is 0.333. The molecule has 1 saturated carbocycles. The first-order valence-electron chi connectivity index (χ1n) is 7.38. The topological polar surface area (TPSA) is 21.3 Å². The molecule has 1 aliphatic carbocycles. The van der Waals surface area contributed by atoms with Crippen LogP contribution in [0.5, 0.6) is 5.75 Å². The Bertz CT molecular complexity index is 595. The van der Waals surface area contributed by atoms with Crippen molar-refractivity contribution in [2.75, 3.05) is 7.11 Å². The number of nitrogens with one attached hydrogen (secondary N) is 1. The van der Waals surface area contributed by atoms with Gasteiger partial charge in [0.15, 0.2) is 0 Å². The van der Waals surface area contributed by atoms with E-state index in [1.165, 1.54) is 24.0 Å². The van der Waals surface area contributed by atoms with Gasteiger partial charge in [-0.25, -0.2) is 0 Å². The summed E-state index contributed by atoms with van der Waals surface area (Å²) in [6, 6.07) is 17.3. The predicted octanol–water partition coefficient (Wildman–Crippen LogP) is 4.70. The molecule has 0 radical (unpaired) electrons. The van der Waals surface area contributed by atoms with Crippen molar-refractivity contribution in [3.05, 3.63) is 64.1 Å². The van der Waals surface area contributed by atoms with Gasteiger partial charge in [-0.1, -0.05) is 46.3 Å². The van der Waals surface area contributed by atoms with Crippen LogP contribution in [0.1, 0.15) is 30.0 Å². The Balaban J connectivity index is 1.73. The number of hydrogen-bond acceptors (Lipinski definition) is 2. The molecule has 1 unspecified atom stereocenters. The molecule has 0 saturated heterocycles. The zero-order valence-corrected chi connectivity index (χ0v) is 13.8. The highest BCUT2D eigenvalue weighted by Crippen LogP contribution is 2.41. The first-order chi connectivity index (χ1) is 10.3. The van der Waals surface area contributed by atoms with Crippen LogP contribution in [0.3, 0.4) is 0 Å². The Labute approximate surface area is 134 Å². The molecule has 3 heteroatoms. The van der Waals surface area contributed by atoms with Gasteiger partial charge in [-0.05, 0) is 48.1 Å². The molecule has 2 nitrogen and oxygen atoms in total. The minimum atomic E-state index is 0.448. The molecule has 2 aromatic carbocycles. The van der Waals surface area contributed by atoms with Crippen LogP contribution in [0.25, 0.3) is 0 Å². The lowest BCUT2D eigenvalue weighted by Gasteiger charge is -2.19. The summed E-state index contributed by atoms with van der Waals surface area (Å²) >= 11 is 3.62. The molecule has 0 aromatic heterocycles. The average Bonchev–Trinajstić information content (AvgIpc) is 3.35. The summed E-state index contributed by atoms with van der Waals surface area (Å²) in [6.07, 6.45) is 2.65. The molecule has 110 valence electrons. The van der Waals surface area contributed by atoms with E-state index in [9.17, 15) is 0 Å². The van der Waals surface area contributed by atoms with Gasteiger partial charge in [-0.15, -0.1) is 0 Å². The van der Waals surface area contributed by atoms with Gasteiger partial charge in [0, 0.05) is 17.1 Å². The minimum Gasteiger partial charge on any atom is -0.497 e. The number of benzene rings is 2. The molecule has 0 heterocycles. The first-order valence-corrected chi connectivity index (χ1v) is 8.18. The molecule has 1 atom stereocenters. The average molecular weight is 346 g/mol. The van der Waals surface area contributed by atoms with Crippen molar-refractivity contribution in [2.24, 2.45) is 5.92 Å². The molecule has 1 N–H and O–H groups in total. The van der Waals surface area contributed by atoms with Crippen LogP contribution in [0, 0.1) is 5.92 Å². The zero-order valence-electron chi connectivity index (χ0n) is 12.2. The summed E-state index contributed by atoms with van der Waals surface area (Å²) < 4.78 is 6.44. The van der Waals surface area contributed by atoms with E-state index in [0.29, 0.717) is 6.04 Å². The summed E-state index contributed by atoms with van der Waals surface area (Å²) in [4.78, 5) is 0. The van der Waals surface area contributed by atoms with Gasteiger partial charge in [-0.2, -0.15) is 0 Å². The van der Waals surface area contributed by atoms with Gasteiger partial charge in [0.05, 0.1) is 7.11 Å². The van der Waals surface area contributed by atoms with Crippen LogP contribution in [0.4, 0.5) is 0 Å². The zero-order chi connectivity index (χ0) is 14.7. The number of halogens is 1. The summed E-state index contributed by atoms with van der Waals surface area (Å²) in [5, 5.41) is 3.72. The van der Waals surface area contributed by atoms with E-state index >= 15 is 0 Å². The van der Waals surface area contributed by atoms with E-state index in [4.69, 9.17) is 4.74 Å². The Morgan fingerprint density at radius 1 is 1.19 bits per heavy atom. The molecular weight excluding hydrogens is 326 g/mol. The van der Waals surface area contributed by atoms with Crippen molar-refractivity contribution in [1.82, 2.24) is 5.32 Å². The van der Waals surface area contributed by atoms with Crippen LogP contribution in [0.15, 0.2) is 53.0 Å². The van der Waals surface area contributed by atoms with Gasteiger partial charge in [0.25, 0.3) is 0 Å². The second-order valence-electron chi connectivity index (χ2n) is 5.56. The monoisotopic (exact) mass is 345 g/mol. The highest BCUT2D eigenvalue weighted by molar-refractivity contribution is 9.10. The van der Waals surface area contributed by atoms with Crippen molar-refractivity contribution >= 4 is 15.9 Å². The first kappa shape index (κ1) is 14.6. The fourth-order valence-corrected chi connectivity index (χ4v) is 3.07. The molecule has 3 rings (SSSR count). The second kappa shape index (κ2) is 6.63. The second-order valence-corrected chi connectivity index (χ2v) is 6.42. The van der Waals surface area contributed by atoms with Crippen molar-refractivity contribution in [1.29, 1.82) is 0 Å². The van der Waals surface area contributed by atoms with Gasteiger partial charge in [0.1, 0.15) is 5.75 Å². The number of hydrogen-bond donors (Lipinski definition) is 1. The molecule has 0 spiro atoms. The van der Waals surface area contributed by atoms with Crippen LogP contribution in [-0.4, -0.2) is 7.11 Å². The van der Waals surface area contributed by atoms with E-state index < -0.39 is 0 Å². The standard InChI is InChI=1S/C18H20BrNO/c1-21-16-9-10-17(19)15(11-16)12-20-18(14-7-8-14)13-5-3-2-4-6-13/h2-6,9-11,14,18,20H,7-8,12H2,1H3. The smallest absolute Gasteiger partial charge is 0.119 e. The number of ether oxygens (including phenoxy) is 1. The van der Waals surface area contributed by atoms with Gasteiger partial charge >= 0.3 is 0 Å². The quantitative estimate of drug-likeness (QED) is 0.819. The van der Waals surface area contributed by atoms with Crippen LogP contribution >= 0.6 is 15.9 Å². The van der Waals surface area contributed by atoms with E-state index in [-0.39, 0.29) is 0 Å². The molecular formula is C18H20BrNO. The third-order valence-electron chi connectivity index (χ3n) is 4.02.